The zero-order valence-corrected chi connectivity index (χ0v) is 8.06. The Morgan fingerprint density at radius 1 is 1.64 bits per heavy atom. The van der Waals surface area contributed by atoms with Crippen molar-refractivity contribution in [3.8, 4) is 0 Å². The molecule has 0 N–H and O–H groups in total. The molecule has 0 aromatic heterocycles. The van der Waals surface area contributed by atoms with E-state index in [2.05, 4.69) is 4.99 Å². The van der Waals surface area contributed by atoms with Crippen molar-refractivity contribution in [2.24, 2.45) is 4.99 Å². The first-order valence-corrected chi connectivity index (χ1v) is 4.44. The minimum absolute atomic E-state index is 0.143. The van der Waals surface area contributed by atoms with Crippen LogP contribution in [-0.2, 0) is 19.0 Å². The van der Waals surface area contributed by atoms with Gasteiger partial charge in [0.25, 0.3) is 0 Å². The van der Waals surface area contributed by atoms with Gasteiger partial charge in [-0.25, -0.2) is 4.79 Å². The Bertz CT molecular complexity index is 247. The zero-order chi connectivity index (χ0) is 10.2. The van der Waals surface area contributed by atoms with E-state index in [1.165, 1.54) is 6.20 Å². The Hall–Kier alpha value is -1.36. The van der Waals surface area contributed by atoms with Crippen LogP contribution in [0, 0.1) is 0 Å². The van der Waals surface area contributed by atoms with Gasteiger partial charge in [0.15, 0.2) is 0 Å². The molecule has 5 heteroatoms. The molecule has 5 nitrogen and oxygen atoms in total. The second-order valence-corrected chi connectivity index (χ2v) is 2.47. The predicted molar refractivity (Wildman–Crippen MR) is 50.0 cm³/mol. The third-order valence-corrected chi connectivity index (χ3v) is 1.48. The lowest BCUT2D eigenvalue weighted by Crippen LogP contribution is -2.16. The van der Waals surface area contributed by atoms with Gasteiger partial charge >= 0.3 is 5.97 Å². The summed E-state index contributed by atoms with van der Waals surface area (Å²) in [4.78, 5) is 15.0. The van der Waals surface area contributed by atoms with Gasteiger partial charge in [-0.15, -0.1) is 0 Å². The molecule has 1 rings (SSSR count). The maximum absolute atomic E-state index is 11.2. The van der Waals surface area contributed by atoms with E-state index in [0.29, 0.717) is 19.8 Å². The van der Waals surface area contributed by atoms with E-state index in [1.54, 1.807) is 6.21 Å². The Balaban J connectivity index is 2.21. The molecule has 1 heterocycles. The number of hydrogen-bond donors (Lipinski definition) is 0. The molecule has 0 fully saturated rings. The van der Waals surface area contributed by atoms with Gasteiger partial charge in [0.05, 0.1) is 12.8 Å². The van der Waals surface area contributed by atoms with E-state index < -0.39 is 5.97 Å². The molecule has 78 valence electrons. The summed E-state index contributed by atoms with van der Waals surface area (Å²) in [5, 5.41) is 0. The molecule has 0 saturated heterocycles. The number of nitrogens with zero attached hydrogens (tertiary/aromatic N) is 1. The SMILES string of the molecule is CCOCCOC(=O)C1=CN=CCO1. The molecule has 0 atom stereocenters. The molecular formula is C9H13NO4. The van der Waals surface area contributed by atoms with Gasteiger partial charge in [0, 0.05) is 12.8 Å². The average molecular weight is 199 g/mol. The van der Waals surface area contributed by atoms with Crippen LogP contribution >= 0.6 is 0 Å². The van der Waals surface area contributed by atoms with Crippen LogP contribution < -0.4 is 0 Å². The summed E-state index contributed by atoms with van der Waals surface area (Å²) in [6, 6.07) is 0. The maximum atomic E-state index is 11.2. The molecule has 0 saturated carbocycles. The fourth-order valence-corrected chi connectivity index (χ4v) is 0.848. The van der Waals surface area contributed by atoms with Crippen molar-refractivity contribution in [1.29, 1.82) is 0 Å². The third kappa shape index (κ3) is 3.57. The van der Waals surface area contributed by atoms with Gasteiger partial charge in [0.2, 0.25) is 5.76 Å². The van der Waals surface area contributed by atoms with Gasteiger partial charge in [0.1, 0.15) is 13.2 Å². The fourth-order valence-electron chi connectivity index (χ4n) is 0.848. The number of esters is 1. The first-order chi connectivity index (χ1) is 6.84. The summed E-state index contributed by atoms with van der Waals surface area (Å²) in [6.07, 6.45) is 2.91. The normalized spacial score (nSPS) is 14.5. The van der Waals surface area contributed by atoms with E-state index in [-0.39, 0.29) is 12.4 Å². The van der Waals surface area contributed by atoms with Crippen LogP contribution in [-0.4, -0.2) is 38.6 Å². The van der Waals surface area contributed by atoms with Crippen LogP contribution in [0.2, 0.25) is 0 Å². The molecule has 0 unspecified atom stereocenters. The van der Waals surface area contributed by atoms with E-state index >= 15 is 0 Å². The molecule has 1 aliphatic rings. The fraction of sp³-hybridized carbons (Fsp3) is 0.556. The second kappa shape index (κ2) is 6.15. The van der Waals surface area contributed by atoms with Crippen molar-refractivity contribution in [2.75, 3.05) is 26.4 Å². The quantitative estimate of drug-likeness (QED) is 0.478. The molecule has 0 bridgehead atoms. The van der Waals surface area contributed by atoms with Crippen LogP contribution in [0.4, 0.5) is 0 Å². The highest BCUT2D eigenvalue weighted by Crippen LogP contribution is 2.03. The minimum Gasteiger partial charge on any atom is -0.480 e. The highest BCUT2D eigenvalue weighted by molar-refractivity contribution is 5.87. The van der Waals surface area contributed by atoms with Gasteiger partial charge in [-0.2, -0.15) is 0 Å². The third-order valence-electron chi connectivity index (χ3n) is 1.48. The Kier molecular flexibility index (Phi) is 4.71. The monoisotopic (exact) mass is 199 g/mol. The van der Waals surface area contributed by atoms with Crippen LogP contribution in [0.25, 0.3) is 0 Å². The number of carbonyl (C=O) groups excluding carboxylic acids is 1. The predicted octanol–water partition coefficient (Wildman–Crippen LogP) is 0.508. The van der Waals surface area contributed by atoms with E-state index in [1.807, 2.05) is 6.92 Å². The molecule has 1 aliphatic heterocycles. The van der Waals surface area contributed by atoms with Gasteiger partial charge < -0.3 is 14.2 Å². The lowest BCUT2D eigenvalue weighted by atomic mass is 10.5. The van der Waals surface area contributed by atoms with Gasteiger partial charge in [-0.3, -0.25) is 4.99 Å². The van der Waals surface area contributed by atoms with Crippen molar-refractivity contribution in [1.82, 2.24) is 0 Å². The van der Waals surface area contributed by atoms with E-state index in [0.717, 1.165) is 0 Å². The topological polar surface area (TPSA) is 57.1 Å². The molecule has 0 amide bonds. The highest BCUT2D eigenvalue weighted by atomic mass is 16.6. The van der Waals surface area contributed by atoms with Crippen molar-refractivity contribution in [3.05, 3.63) is 12.0 Å². The Labute approximate surface area is 82.4 Å². The second-order valence-electron chi connectivity index (χ2n) is 2.47. The van der Waals surface area contributed by atoms with Crippen molar-refractivity contribution < 1.29 is 19.0 Å². The van der Waals surface area contributed by atoms with Crippen LogP contribution in [0.3, 0.4) is 0 Å². The minimum atomic E-state index is -0.499. The molecule has 0 spiro atoms. The van der Waals surface area contributed by atoms with Crippen LogP contribution in [0.5, 0.6) is 0 Å². The lowest BCUT2D eigenvalue weighted by molar-refractivity contribution is -0.144. The van der Waals surface area contributed by atoms with Crippen LogP contribution in [0.1, 0.15) is 6.92 Å². The number of rotatable bonds is 5. The Morgan fingerprint density at radius 2 is 2.50 bits per heavy atom. The number of hydrogen-bond acceptors (Lipinski definition) is 5. The molecule has 0 aliphatic carbocycles. The maximum Gasteiger partial charge on any atom is 0.375 e. The molecule has 0 radical (unpaired) electrons. The largest absolute Gasteiger partial charge is 0.480 e. The zero-order valence-electron chi connectivity index (χ0n) is 8.06. The number of ether oxygens (including phenoxy) is 3. The molecule has 14 heavy (non-hydrogen) atoms. The molecule has 0 aromatic carbocycles. The summed E-state index contributed by atoms with van der Waals surface area (Å²) in [6.45, 7) is 3.44. The summed E-state index contributed by atoms with van der Waals surface area (Å²) in [5.74, 6) is -0.356. The smallest absolute Gasteiger partial charge is 0.375 e. The lowest BCUT2D eigenvalue weighted by Gasteiger charge is -2.09. The van der Waals surface area contributed by atoms with Gasteiger partial charge in [-0.1, -0.05) is 0 Å². The first-order valence-electron chi connectivity index (χ1n) is 4.44. The summed E-state index contributed by atoms with van der Waals surface area (Å²) in [7, 11) is 0. The van der Waals surface area contributed by atoms with E-state index in [4.69, 9.17) is 14.2 Å². The standard InChI is InChI=1S/C9H13NO4/c1-2-12-5-6-14-9(11)8-7-10-3-4-13-8/h3,7H,2,4-6H2,1H3. The average Bonchev–Trinajstić information content (AvgIpc) is 2.25. The van der Waals surface area contributed by atoms with E-state index in [9.17, 15) is 4.79 Å². The number of carbonyl (C=O) groups is 1. The van der Waals surface area contributed by atoms with Crippen molar-refractivity contribution in [2.45, 2.75) is 6.92 Å². The first kappa shape index (κ1) is 10.7. The summed E-state index contributed by atoms with van der Waals surface area (Å²) < 4.78 is 14.8. The molecular weight excluding hydrogens is 186 g/mol. The number of aliphatic imine (C=N–C) groups is 1. The van der Waals surface area contributed by atoms with Gasteiger partial charge in [-0.05, 0) is 6.92 Å². The molecule has 0 aromatic rings. The van der Waals surface area contributed by atoms with Crippen molar-refractivity contribution >= 4 is 12.2 Å². The Morgan fingerprint density at radius 3 is 3.14 bits per heavy atom. The van der Waals surface area contributed by atoms with Crippen molar-refractivity contribution in [3.63, 3.8) is 0 Å². The summed E-state index contributed by atoms with van der Waals surface area (Å²) in [5.41, 5.74) is 0. The highest BCUT2D eigenvalue weighted by Gasteiger charge is 2.13. The van der Waals surface area contributed by atoms with Crippen LogP contribution in [0.15, 0.2) is 17.0 Å². The summed E-state index contributed by atoms with van der Waals surface area (Å²) >= 11 is 0.